The fourth-order valence-corrected chi connectivity index (χ4v) is 2.77. The molecule has 0 aliphatic rings. The van der Waals surface area contributed by atoms with Crippen molar-refractivity contribution in [3.05, 3.63) is 34.1 Å². The molecule has 0 aliphatic heterocycles. The summed E-state index contributed by atoms with van der Waals surface area (Å²) in [6.07, 6.45) is 0.516. The minimum Gasteiger partial charge on any atom is -0.258 e. The van der Waals surface area contributed by atoms with Gasteiger partial charge in [-0.25, -0.2) is 13.1 Å². The van der Waals surface area contributed by atoms with Gasteiger partial charge in [0, 0.05) is 11.9 Å². The van der Waals surface area contributed by atoms with Crippen LogP contribution in [-0.2, 0) is 10.0 Å². The number of benzene rings is 1. The quantitative estimate of drug-likeness (QED) is 0.370. The standard InChI is InChI=1S/C9H10BrFN2O4S/c10-5-2-6-12-18(16,17)8-4-1-3-7(11)9(8)13(14)15/h1,3-4,12H,2,5-6H2. The molecule has 0 fully saturated rings. The molecule has 0 atom stereocenters. The van der Waals surface area contributed by atoms with Gasteiger partial charge in [0.05, 0.1) is 4.92 Å². The molecule has 0 bridgehead atoms. The van der Waals surface area contributed by atoms with Crippen LogP contribution in [0.15, 0.2) is 23.1 Å². The van der Waals surface area contributed by atoms with Crippen molar-refractivity contribution in [2.75, 3.05) is 11.9 Å². The van der Waals surface area contributed by atoms with Gasteiger partial charge in [0.1, 0.15) is 0 Å². The molecule has 0 heterocycles. The summed E-state index contributed by atoms with van der Waals surface area (Å²) in [7, 11) is -4.08. The van der Waals surface area contributed by atoms with Gasteiger partial charge < -0.3 is 0 Å². The number of sulfonamides is 1. The highest BCUT2D eigenvalue weighted by Crippen LogP contribution is 2.26. The number of hydrogen-bond acceptors (Lipinski definition) is 4. The molecule has 9 heteroatoms. The van der Waals surface area contributed by atoms with Crippen molar-refractivity contribution in [2.45, 2.75) is 11.3 Å². The first-order valence-electron chi connectivity index (χ1n) is 4.88. The number of para-hydroxylation sites is 1. The van der Waals surface area contributed by atoms with Crippen molar-refractivity contribution in [1.29, 1.82) is 0 Å². The Morgan fingerprint density at radius 1 is 1.44 bits per heavy atom. The lowest BCUT2D eigenvalue weighted by Gasteiger charge is -2.06. The molecule has 0 aromatic heterocycles. The van der Waals surface area contributed by atoms with Crippen molar-refractivity contribution >= 4 is 31.6 Å². The molecule has 0 unspecified atom stereocenters. The lowest BCUT2D eigenvalue weighted by molar-refractivity contribution is -0.390. The molecular formula is C9H10BrFN2O4S. The number of alkyl halides is 1. The first kappa shape index (κ1) is 15.0. The van der Waals surface area contributed by atoms with Gasteiger partial charge in [0.25, 0.3) is 0 Å². The minimum absolute atomic E-state index is 0.112. The zero-order chi connectivity index (χ0) is 13.8. The van der Waals surface area contributed by atoms with Crippen molar-refractivity contribution < 1.29 is 17.7 Å². The number of nitrogens with one attached hydrogen (secondary N) is 1. The fraction of sp³-hybridized carbons (Fsp3) is 0.333. The molecule has 0 spiro atoms. The molecular weight excluding hydrogens is 331 g/mol. The maximum Gasteiger partial charge on any atom is 0.324 e. The molecule has 6 nitrogen and oxygen atoms in total. The van der Waals surface area contributed by atoms with E-state index in [1.54, 1.807) is 0 Å². The first-order valence-corrected chi connectivity index (χ1v) is 7.49. The van der Waals surface area contributed by atoms with Crippen LogP contribution in [0.25, 0.3) is 0 Å². The Morgan fingerprint density at radius 3 is 2.67 bits per heavy atom. The Labute approximate surface area is 112 Å². The zero-order valence-corrected chi connectivity index (χ0v) is 11.5. The molecule has 1 aromatic carbocycles. The van der Waals surface area contributed by atoms with Crippen molar-refractivity contribution in [1.82, 2.24) is 4.72 Å². The van der Waals surface area contributed by atoms with Gasteiger partial charge in [-0.1, -0.05) is 22.0 Å². The summed E-state index contributed by atoms with van der Waals surface area (Å²) < 4.78 is 39.0. The van der Waals surface area contributed by atoms with E-state index in [2.05, 4.69) is 20.7 Å². The number of hydrogen-bond donors (Lipinski definition) is 1. The molecule has 100 valence electrons. The van der Waals surface area contributed by atoms with Crippen LogP contribution in [0.4, 0.5) is 10.1 Å². The summed E-state index contributed by atoms with van der Waals surface area (Å²) in [6, 6.07) is 2.95. The molecule has 1 N–H and O–H groups in total. The Balaban J connectivity index is 3.16. The Hall–Kier alpha value is -1.06. The second-order valence-corrected chi connectivity index (χ2v) is 5.81. The summed E-state index contributed by atoms with van der Waals surface area (Å²) in [5.41, 5.74) is -1.04. The maximum atomic E-state index is 13.3. The van der Waals surface area contributed by atoms with Crippen LogP contribution in [0, 0.1) is 15.9 Å². The van der Waals surface area contributed by atoms with Crippen LogP contribution in [0.2, 0.25) is 0 Å². The van der Waals surface area contributed by atoms with E-state index < -0.39 is 31.3 Å². The lowest BCUT2D eigenvalue weighted by Crippen LogP contribution is -2.26. The highest BCUT2D eigenvalue weighted by atomic mass is 79.9. The smallest absolute Gasteiger partial charge is 0.258 e. The topological polar surface area (TPSA) is 89.3 Å². The van der Waals surface area contributed by atoms with Crippen LogP contribution >= 0.6 is 15.9 Å². The van der Waals surface area contributed by atoms with Crippen LogP contribution < -0.4 is 4.72 Å². The number of nitro groups is 1. The molecule has 0 saturated carbocycles. The van der Waals surface area contributed by atoms with Crippen LogP contribution in [0.1, 0.15) is 6.42 Å². The number of halogens is 2. The van der Waals surface area contributed by atoms with Gasteiger partial charge in [0.2, 0.25) is 15.8 Å². The van der Waals surface area contributed by atoms with E-state index >= 15 is 0 Å². The number of nitrogens with zero attached hydrogens (tertiary/aromatic N) is 1. The Kier molecular flexibility index (Phi) is 5.17. The third-order valence-corrected chi connectivity index (χ3v) is 4.08. The highest BCUT2D eigenvalue weighted by Gasteiger charge is 2.28. The average Bonchev–Trinajstić information content (AvgIpc) is 2.28. The third-order valence-electron chi connectivity index (χ3n) is 2.02. The SMILES string of the molecule is O=[N+]([O-])c1c(F)cccc1S(=O)(=O)NCCCBr. The van der Waals surface area contributed by atoms with Gasteiger partial charge in [-0.2, -0.15) is 4.39 Å². The van der Waals surface area contributed by atoms with E-state index in [4.69, 9.17) is 0 Å². The maximum absolute atomic E-state index is 13.3. The van der Waals surface area contributed by atoms with Crippen LogP contribution in [-0.4, -0.2) is 25.2 Å². The molecule has 1 rings (SSSR count). The van der Waals surface area contributed by atoms with Gasteiger partial charge in [0.15, 0.2) is 4.90 Å². The van der Waals surface area contributed by atoms with Crippen molar-refractivity contribution in [3.63, 3.8) is 0 Å². The molecule has 18 heavy (non-hydrogen) atoms. The van der Waals surface area contributed by atoms with Crippen LogP contribution in [0.3, 0.4) is 0 Å². The normalized spacial score (nSPS) is 11.4. The van der Waals surface area contributed by atoms with E-state index in [1.165, 1.54) is 0 Å². The van der Waals surface area contributed by atoms with E-state index in [0.717, 1.165) is 18.2 Å². The predicted molar refractivity (Wildman–Crippen MR) is 66.7 cm³/mol. The van der Waals surface area contributed by atoms with E-state index in [1.807, 2.05) is 0 Å². The molecule has 1 aromatic rings. The van der Waals surface area contributed by atoms with Crippen LogP contribution in [0.5, 0.6) is 0 Å². The van der Waals surface area contributed by atoms with Gasteiger partial charge in [-0.3, -0.25) is 10.1 Å². The van der Waals surface area contributed by atoms with Gasteiger partial charge in [-0.05, 0) is 18.6 Å². The summed E-state index contributed by atoms with van der Waals surface area (Å²) in [4.78, 5) is 8.97. The highest BCUT2D eigenvalue weighted by molar-refractivity contribution is 9.09. The third kappa shape index (κ3) is 3.47. The largest absolute Gasteiger partial charge is 0.324 e. The van der Waals surface area contributed by atoms with E-state index in [-0.39, 0.29) is 6.54 Å². The van der Waals surface area contributed by atoms with E-state index in [9.17, 15) is 22.9 Å². The Morgan fingerprint density at radius 2 is 2.11 bits per heavy atom. The van der Waals surface area contributed by atoms with E-state index in [0.29, 0.717) is 11.8 Å². The molecule has 0 aliphatic carbocycles. The Bertz CT molecular complexity index is 549. The average molecular weight is 341 g/mol. The summed E-state index contributed by atoms with van der Waals surface area (Å²) in [6.45, 7) is 0.112. The summed E-state index contributed by atoms with van der Waals surface area (Å²) in [5, 5.41) is 11.3. The molecule has 0 amide bonds. The van der Waals surface area contributed by atoms with Gasteiger partial charge in [-0.15, -0.1) is 0 Å². The number of rotatable bonds is 6. The van der Waals surface area contributed by atoms with Gasteiger partial charge >= 0.3 is 5.69 Å². The predicted octanol–water partition coefficient (Wildman–Crippen LogP) is 1.80. The first-order chi connectivity index (χ1) is 8.40. The molecule has 0 saturated heterocycles. The summed E-state index contributed by atoms with van der Waals surface area (Å²) >= 11 is 3.12. The molecule has 0 radical (unpaired) electrons. The monoisotopic (exact) mass is 340 g/mol. The lowest BCUT2D eigenvalue weighted by atomic mass is 10.3. The second kappa shape index (κ2) is 6.21. The fourth-order valence-electron chi connectivity index (χ4n) is 1.24. The zero-order valence-electron chi connectivity index (χ0n) is 9.10. The van der Waals surface area contributed by atoms with Crippen molar-refractivity contribution in [3.8, 4) is 0 Å². The second-order valence-electron chi connectivity index (χ2n) is 3.28. The summed E-state index contributed by atoms with van der Waals surface area (Å²) in [5.74, 6) is -1.18. The minimum atomic E-state index is -4.08. The number of nitro benzene ring substituents is 1. The van der Waals surface area contributed by atoms with Crippen molar-refractivity contribution in [2.24, 2.45) is 0 Å².